The molecule has 12 heavy (non-hydrogen) atoms. The molecule has 0 unspecified atom stereocenters. The monoisotopic (exact) mass is 166 g/mol. The summed E-state index contributed by atoms with van der Waals surface area (Å²) >= 11 is 0. The van der Waals surface area contributed by atoms with Gasteiger partial charge in [0.2, 0.25) is 0 Å². The van der Waals surface area contributed by atoms with Gasteiger partial charge in [-0.25, -0.2) is 0 Å². The molecule has 0 spiro atoms. The molecule has 0 aromatic rings. The molecule has 70 valence electrons. The van der Waals surface area contributed by atoms with Gasteiger partial charge in [0.1, 0.15) is 0 Å². The van der Waals surface area contributed by atoms with Gasteiger partial charge >= 0.3 is 0 Å². The Morgan fingerprint density at radius 3 is 1.83 bits per heavy atom. The van der Waals surface area contributed by atoms with E-state index in [0.29, 0.717) is 0 Å². The maximum absolute atomic E-state index is 2.41. The third kappa shape index (κ3) is 4.58. The molecule has 1 aliphatic rings. The molecule has 0 aliphatic heterocycles. The third-order valence-electron chi connectivity index (χ3n) is 2.80. The first-order valence-electron chi connectivity index (χ1n) is 5.54. The molecular formula is C12H22. The largest absolute Gasteiger partial charge is 0.0885 e. The van der Waals surface area contributed by atoms with Gasteiger partial charge in [-0.15, -0.1) is 0 Å². The van der Waals surface area contributed by atoms with Crippen molar-refractivity contribution in [3.8, 4) is 0 Å². The van der Waals surface area contributed by atoms with Crippen molar-refractivity contribution in [2.24, 2.45) is 5.92 Å². The molecule has 0 aromatic heterocycles. The molecule has 0 saturated carbocycles. The molecule has 1 rings (SSSR count). The van der Waals surface area contributed by atoms with E-state index in [2.05, 4.69) is 19.1 Å². The first-order chi connectivity index (χ1) is 5.89. The van der Waals surface area contributed by atoms with Crippen molar-refractivity contribution in [1.82, 2.24) is 0 Å². The van der Waals surface area contributed by atoms with Crippen molar-refractivity contribution >= 4 is 0 Å². The third-order valence-corrected chi connectivity index (χ3v) is 2.80. The lowest BCUT2D eigenvalue weighted by atomic mass is 9.97. The fourth-order valence-corrected chi connectivity index (χ4v) is 1.89. The topological polar surface area (TPSA) is 0 Å². The molecule has 0 N–H and O–H groups in total. The van der Waals surface area contributed by atoms with Crippen LogP contribution in [0.1, 0.15) is 58.3 Å². The maximum atomic E-state index is 2.41. The average molecular weight is 166 g/mol. The molecule has 0 saturated heterocycles. The maximum Gasteiger partial charge on any atom is -0.0351 e. The lowest BCUT2D eigenvalue weighted by molar-refractivity contribution is 0.449. The predicted molar refractivity (Wildman–Crippen MR) is 55.2 cm³/mol. The smallest absolute Gasteiger partial charge is 0.0351 e. The molecule has 0 radical (unpaired) electrons. The zero-order chi connectivity index (χ0) is 8.65. The van der Waals surface area contributed by atoms with Crippen LogP contribution in [0.5, 0.6) is 0 Å². The molecule has 1 aliphatic carbocycles. The van der Waals surface area contributed by atoms with Crippen LogP contribution in [0, 0.1) is 5.92 Å². The van der Waals surface area contributed by atoms with E-state index < -0.39 is 0 Å². The summed E-state index contributed by atoms with van der Waals surface area (Å²) in [4.78, 5) is 0. The molecule has 0 heterocycles. The Kier molecular flexibility index (Phi) is 5.14. The molecular weight excluding hydrogens is 144 g/mol. The molecule has 0 heteroatoms. The standard InChI is InChI=1S/C12H22/c1-12-10-8-6-4-2-3-5-7-9-11-12/h2-3,12H,4-11H2,1H3/b3-2-. The zero-order valence-electron chi connectivity index (χ0n) is 8.39. The first kappa shape index (κ1) is 9.83. The Bertz CT molecular complexity index is 110. The molecule has 0 atom stereocenters. The quantitative estimate of drug-likeness (QED) is 0.470. The Balaban J connectivity index is 2.21. The highest BCUT2D eigenvalue weighted by Crippen LogP contribution is 2.17. The van der Waals surface area contributed by atoms with Gasteiger partial charge in [0, 0.05) is 0 Å². The fraction of sp³-hybridized carbons (Fsp3) is 0.833. The molecule has 0 aromatic carbocycles. The van der Waals surface area contributed by atoms with Crippen molar-refractivity contribution in [2.75, 3.05) is 0 Å². The lowest BCUT2D eigenvalue weighted by Gasteiger charge is -2.09. The second-order valence-corrected chi connectivity index (χ2v) is 4.15. The highest BCUT2D eigenvalue weighted by atomic mass is 14.1. The van der Waals surface area contributed by atoms with Crippen LogP contribution in [0.2, 0.25) is 0 Å². The average Bonchev–Trinajstić information content (AvgIpc) is 2.11. The Hall–Kier alpha value is -0.260. The Morgan fingerprint density at radius 1 is 0.833 bits per heavy atom. The fourth-order valence-electron chi connectivity index (χ4n) is 1.89. The van der Waals surface area contributed by atoms with Crippen LogP contribution in [-0.4, -0.2) is 0 Å². The normalized spacial score (nSPS) is 26.1. The number of allylic oxidation sites excluding steroid dienone is 2. The van der Waals surface area contributed by atoms with E-state index in [1.54, 1.807) is 0 Å². The van der Waals surface area contributed by atoms with E-state index in [9.17, 15) is 0 Å². The number of hydrogen-bond acceptors (Lipinski definition) is 0. The van der Waals surface area contributed by atoms with Crippen molar-refractivity contribution in [3.63, 3.8) is 0 Å². The predicted octanol–water partition coefficient (Wildman–Crippen LogP) is 4.31. The highest BCUT2D eigenvalue weighted by molar-refractivity contribution is 4.81. The second-order valence-electron chi connectivity index (χ2n) is 4.15. The summed E-state index contributed by atoms with van der Waals surface area (Å²) in [5, 5.41) is 0. The molecule has 0 amide bonds. The van der Waals surface area contributed by atoms with Gasteiger partial charge in [0.05, 0.1) is 0 Å². The van der Waals surface area contributed by atoms with E-state index in [0.717, 1.165) is 5.92 Å². The lowest BCUT2D eigenvalue weighted by Crippen LogP contribution is -1.94. The zero-order valence-corrected chi connectivity index (χ0v) is 8.39. The van der Waals surface area contributed by atoms with E-state index >= 15 is 0 Å². The van der Waals surface area contributed by atoms with E-state index in [-0.39, 0.29) is 0 Å². The van der Waals surface area contributed by atoms with Gasteiger partial charge in [0.25, 0.3) is 0 Å². The van der Waals surface area contributed by atoms with Gasteiger partial charge in [-0.1, -0.05) is 44.8 Å². The number of rotatable bonds is 0. The van der Waals surface area contributed by atoms with Gasteiger partial charge < -0.3 is 0 Å². The van der Waals surface area contributed by atoms with Crippen molar-refractivity contribution < 1.29 is 0 Å². The van der Waals surface area contributed by atoms with Crippen molar-refractivity contribution in [3.05, 3.63) is 12.2 Å². The number of hydrogen-bond donors (Lipinski definition) is 0. The van der Waals surface area contributed by atoms with Crippen LogP contribution in [0.25, 0.3) is 0 Å². The van der Waals surface area contributed by atoms with Crippen LogP contribution in [0.4, 0.5) is 0 Å². The minimum Gasteiger partial charge on any atom is -0.0885 e. The summed E-state index contributed by atoms with van der Waals surface area (Å²) in [5.41, 5.74) is 0. The molecule has 0 bridgehead atoms. The van der Waals surface area contributed by atoms with Gasteiger partial charge in [-0.3, -0.25) is 0 Å². The van der Waals surface area contributed by atoms with Crippen LogP contribution < -0.4 is 0 Å². The highest BCUT2D eigenvalue weighted by Gasteiger charge is 2.01. The first-order valence-corrected chi connectivity index (χ1v) is 5.54. The Morgan fingerprint density at radius 2 is 1.33 bits per heavy atom. The second kappa shape index (κ2) is 6.28. The van der Waals surface area contributed by atoms with Crippen LogP contribution in [0.15, 0.2) is 12.2 Å². The molecule has 0 fully saturated rings. The summed E-state index contributed by atoms with van der Waals surface area (Å²) < 4.78 is 0. The van der Waals surface area contributed by atoms with Crippen LogP contribution in [0.3, 0.4) is 0 Å². The van der Waals surface area contributed by atoms with Gasteiger partial charge in [-0.05, 0) is 31.6 Å². The van der Waals surface area contributed by atoms with Crippen LogP contribution in [-0.2, 0) is 0 Å². The summed E-state index contributed by atoms with van der Waals surface area (Å²) in [6, 6.07) is 0. The SMILES string of the molecule is CC1CCCC/C=C\CCCC1. The van der Waals surface area contributed by atoms with Crippen molar-refractivity contribution in [2.45, 2.75) is 58.3 Å². The molecule has 0 nitrogen and oxygen atoms in total. The summed E-state index contributed by atoms with van der Waals surface area (Å²) in [7, 11) is 0. The minimum atomic E-state index is 0.975. The summed E-state index contributed by atoms with van der Waals surface area (Å²) in [6.45, 7) is 2.41. The van der Waals surface area contributed by atoms with Crippen molar-refractivity contribution in [1.29, 1.82) is 0 Å². The Labute approximate surface area is 77.1 Å². The van der Waals surface area contributed by atoms with E-state index in [1.807, 2.05) is 0 Å². The van der Waals surface area contributed by atoms with Crippen LogP contribution >= 0.6 is 0 Å². The summed E-state index contributed by atoms with van der Waals surface area (Å²) in [6.07, 6.45) is 16.0. The van der Waals surface area contributed by atoms with E-state index in [1.165, 1.54) is 51.4 Å². The van der Waals surface area contributed by atoms with E-state index in [4.69, 9.17) is 0 Å². The minimum absolute atomic E-state index is 0.975. The van der Waals surface area contributed by atoms with Gasteiger partial charge in [0.15, 0.2) is 0 Å². The van der Waals surface area contributed by atoms with Gasteiger partial charge in [-0.2, -0.15) is 0 Å². The summed E-state index contributed by atoms with van der Waals surface area (Å²) in [5.74, 6) is 0.975.